The van der Waals surface area contributed by atoms with Gasteiger partial charge < -0.3 is 20.4 Å². The van der Waals surface area contributed by atoms with E-state index in [4.69, 9.17) is 10.2 Å². The fourth-order valence-electron chi connectivity index (χ4n) is 1.22. The first-order chi connectivity index (χ1) is 8.40. The van der Waals surface area contributed by atoms with Crippen molar-refractivity contribution >= 4 is 11.9 Å². The molecule has 1 rings (SSSR count). The van der Waals surface area contributed by atoms with Crippen molar-refractivity contribution in [1.29, 1.82) is 0 Å². The van der Waals surface area contributed by atoms with E-state index in [9.17, 15) is 4.79 Å². The molecule has 1 unspecified atom stereocenters. The molecule has 0 radical (unpaired) electrons. The SMILES string of the molecule is CC(C)CNC(=O)CN(C)c1nnc(C(C)N)o1. The van der Waals surface area contributed by atoms with Gasteiger partial charge in [0.1, 0.15) is 6.54 Å². The largest absolute Gasteiger partial charge is 0.406 e. The molecule has 0 aliphatic rings. The summed E-state index contributed by atoms with van der Waals surface area (Å²) < 4.78 is 5.33. The Kier molecular flexibility index (Phi) is 5.08. The number of carbonyl (C=O) groups excluding carboxylic acids is 1. The van der Waals surface area contributed by atoms with Gasteiger partial charge in [0.2, 0.25) is 11.8 Å². The third-order valence-electron chi connectivity index (χ3n) is 2.23. The molecule has 0 fully saturated rings. The van der Waals surface area contributed by atoms with Crippen LogP contribution in [0.15, 0.2) is 4.42 Å². The van der Waals surface area contributed by atoms with Crippen LogP contribution in [0.4, 0.5) is 6.01 Å². The molecule has 0 aliphatic heterocycles. The van der Waals surface area contributed by atoms with Gasteiger partial charge in [-0.05, 0) is 12.8 Å². The molecule has 0 spiro atoms. The van der Waals surface area contributed by atoms with Gasteiger partial charge in [-0.1, -0.05) is 18.9 Å². The third-order valence-corrected chi connectivity index (χ3v) is 2.23. The van der Waals surface area contributed by atoms with Gasteiger partial charge in [-0.2, -0.15) is 0 Å². The highest BCUT2D eigenvalue weighted by atomic mass is 16.4. The Bertz CT molecular complexity index is 389. The number of aromatic nitrogens is 2. The molecule has 102 valence electrons. The highest BCUT2D eigenvalue weighted by Gasteiger charge is 2.15. The maximum absolute atomic E-state index is 11.6. The lowest BCUT2D eigenvalue weighted by Crippen LogP contribution is -2.37. The predicted octanol–water partition coefficient (Wildman–Crippen LogP) is 0.298. The summed E-state index contributed by atoms with van der Waals surface area (Å²) in [6, 6.07) is -0.0172. The van der Waals surface area contributed by atoms with Crippen LogP contribution in [0.3, 0.4) is 0 Å². The molecule has 1 atom stereocenters. The lowest BCUT2D eigenvalue weighted by molar-refractivity contribution is -0.119. The van der Waals surface area contributed by atoms with E-state index in [1.54, 1.807) is 18.9 Å². The molecule has 1 aromatic heterocycles. The molecule has 1 aromatic rings. The first kappa shape index (κ1) is 14.4. The number of rotatable bonds is 6. The molecule has 0 aromatic carbocycles. The molecular formula is C11H21N5O2. The molecule has 1 heterocycles. The molecule has 1 amide bonds. The summed E-state index contributed by atoms with van der Waals surface area (Å²) in [7, 11) is 1.72. The standard InChI is InChI=1S/C11H21N5O2/c1-7(2)5-13-9(17)6-16(4)11-15-14-10(18-11)8(3)12/h7-8H,5-6,12H2,1-4H3,(H,13,17). The van der Waals surface area contributed by atoms with Gasteiger partial charge in [0.25, 0.3) is 0 Å². The monoisotopic (exact) mass is 255 g/mol. The van der Waals surface area contributed by atoms with Gasteiger partial charge in [-0.15, -0.1) is 5.10 Å². The number of nitrogens with zero attached hydrogens (tertiary/aromatic N) is 3. The molecule has 3 N–H and O–H groups in total. The number of amides is 1. The highest BCUT2D eigenvalue weighted by molar-refractivity contribution is 5.80. The lowest BCUT2D eigenvalue weighted by Gasteiger charge is -2.14. The molecule has 0 bridgehead atoms. The van der Waals surface area contributed by atoms with E-state index in [1.165, 1.54) is 0 Å². The van der Waals surface area contributed by atoms with Gasteiger partial charge in [-0.3, -0.25) is 4.79 Å². The predicted molar refractivity (Wildman–Crippen MR) is 68.0 cm³/mol. The van der Waals surface area contributed by atoms with Crippen molar-refractivity contribution in [3.05, 3.63) is 5.89 Å². The van der Waals surface area contributed by atoms with Crippen LogP contribution in [0.2, 0.25) is 0 Å². The highest BCUT2D eigenvalue weighted by Crippen LogP contribution is 2.13. The van der Waals surface area contributed by atoms with Crippen molar-refractivity contribution in [1.82, 2.24) is 15.5 Å². The van der Waals surface area contributed by atoms with Gasteiger partial charge in [0, 0.05) is 13.6 Å². The summed E-state index contributed by atoms with van der Waals surface area (Å²) in [5.74, 6) is 0.707. The third kappa shape index (κ3) is 4.33. The van der Waals surface area contributed by atoms with Gasteiger partial charge in [0.15, 0.2) is 0 Å². The Morgan fingerprint density at radius 3 is 2.61 bits per heavy atom. The normalized spacial score (nSPS) is 12.6. The summed E-state index contributed by atoms with van der Waals surface area (Å²) in [6.45, 7) is 6.66. The summed E-state index contributed by atoms with van der Waals surface area (Å²) in [5.41, 5.74) is 5.62. The van der Waals surface area contributed by atoms with Crippen LogP contribution in [0.5, 0.6) is 0 Å². The molecule has 7 heteroatoms. The molecule has 0 aliphatic carbocycles. The van der Waals surface area contributed by atoms with E-state index < -0.39 is 0 Å². The van der Waals surface area contributed by atoms with E-state index in [0.29, 0.717) is 24.4 Å². The molecular weight excluding hydrogens is 234 g/mol. The van der Waals surface area contributed by atoms with E-state index in [2.05, 4.69) is 15.5 Å². The van der Waals surface area contributed by atoms with Crippen LogP contribution in [0, 0.1) is 5.92 Å². The van der Waals surface area contributed by atoms with Crippen molar-refractivity contribution in [3.63, 3.8) is 0 Å². The second kappa shape index (κ2) is 6.34. The van der Waals surface area contributed by atoms with Crippen molar-refractivity contribution < 1.29 is 9.21 Å². The number of nitrogens with two attached hydrogens (primary N) is 1. The van der Waals surface area contributed by atoms with Crippen molar-refractivity contribution in [2.45, 2.75) is 26.8 Å². The average molecular weight is 255 g/mol. The maximum atomic E-state index is 11.6. The van der Waals surface area contributed by atoms with Crippen molar-refractivity contribution in [2.24, 2.45) is 11.7 Å². The fraction of sp³-hybridized carbons (Fsp3) is 0.727. The van der Waals surface area contributed by atoms with Gasteiger partial charge in [-0.25, -0.2) is 0 Å². The minimum atomic E-state index is -0.311. The Morgan fingerprint density at radius 2 is 2.11 bits per heavy atom. The van der Waals surface area contributed by atoms with Crippen LogP contribution in [-0.2, 0) is 4.79 Å². The number of anilines is 1. The topological polar surface area (TPSA) is 97.3 Å². The number of likely N-dealkylation sites (N-methyl/N-ethyl adjacent to an activating group) is 1. The summed E-state index contributed by atoms with van der Waals surface area (Å²) in [5, 5.41) is 10.5. The van der Waals surface area contributed by atoms with Crippen LogP contribution in [0.1, 0.15) is 32.7 Å². The minimum Gasteiger partial charge on any atom is -0.406 e. The number of carbonyl (C=O) groups is 1. The molecule has 18 heavy (non-hydrogen) atoms. The first-order valence-electron chi connectivity index (χ1n) is 5.97. The molecule has 0 saturated carbocycles. The van der Waals surface area contributed by atoms with E-state index in [-0.39, 0.29) is 18.5 Å². The Labute approximate surface area is 107 Å². The summed E-state index contributed by atoms with van der Waals surface area (Å²) >= 11 is 0. The number of nitrogens with one attached hydrogen (secondary N) is 1. The van der Waals surface area contributed by atoms with Crippen molar-refractivity contribution in [2.75, 3.05) is 25.0 Å². The average Bonchev–Trinajstić information content (AvgIpc) is 2.75. The Balaban J connectivity index is 2.48. The zero-order valence-corrected chi connectivity index (χ0v) is 11.3. The molecule has 7 nitrogen and oxygen atoms in total. The second-order valence-electron chi connectivity index (χ2n) is 4.77. The second-order valence-corrected chi connectivity index (χ2v) is 4.77. The Hall–Kier alpha value is -1.63. The smallest absolute Gasteiger partial charge is 0.318 e. The van der Waals surface area contributed by atoms with Crippen LogP contribution < -0.4 is 16.0 Å². The number of hydrogen-bond donors (Lipinski definition) is 2. The fourth-order valence-corrected chi connectivity index (χ4v) is 1.22. The van der Waals surface area contributed by atoms with Gasteiger partial charge >= 0.3 is 6.01 Å². The zero-order valence-electron chi connectivity index (χ0n) is 11.3. The van der Waals surface area contributed by atoms with Crippen LogP contribution in [0.25, 0.3) is 0 Å². The maximum Gasteiger partial charge on any atom is 0.318 e. The summed E-state index contributed by atoms with van der Waals surface area (Å²) in [4.78, 5) is 13.2. The van der Waals surface area contributed by atoms with Crippen LogP contribution >= 0.6 is 0 Å². The van der Waals surface area contributed by atoms with Crippen molar-refractivity contribution in [3.8, 4) is 0 Å². The van der Waals surface area contributed by atoms with E-state index in [0.717, 1.165) is 0 Å². The van der Waals surface area contributed by atoms with Crippen LogP contribution in [-0.4, -0.2) is 36.2 Å². The van der Waals surface area contributed by atoms with E-state index in [1.807, 2.05) is 13.8 Å². The Morgan fingerprint density at radius 1 is 1.44 bits per heavy atom. The zero-order chi connectivity index (χ0) is 13.7. The minimum absolute atomic E-state index is 0.0771. The first-order valence-corrected chi connectivity index (χ1v) is 5.97. The van der Waals surface area contributed by atoms with E-state index >= 15 is 0 Å². The quantitative estimate of drug-likeness (QED) is 0.758. The lowest BCUT2D eigenvalue weighted by atomic mass is 10.2. The number of hydrogen-bond acceptors (Lipinski definition) is 6. The molecule has 0 saturated heterocycles. The summed E-state index contributed by atoms with van der Waals surface area (Å²) in [6.07, 6.45) is 0. The van der Waals surface area contributed by atoms with Gasteiger partial charge in [0.05, 0.1) is 6.04 Å².